The van der Waals surface area contributed by atoms with Crippen molar-refractivity contribution in [1.29, 1.82) is 5.26 Å². The van der Waals surface area contributed by atoms with Crippen LogP contribution in [0.3, 0.4) is 0 Å². The summed E-state index contributed by atoms with van der Waals surface area (Å²) >= 11 is 0. The maximum atomic E-state index is 11.8. The van der Waals surface area contributed by atoms with Crippen molar-refractivity contribution in [3.05, 3.63) is 0 Å². The maximum Gasteiger partial charge on any atom is 0.103 e. The van der Waals surface area contributed by atoms with Gasteiger partial charge in [0, 0.05) is 0 Å². The average Bonchev–Trinajstić information content (AvgIpc) is 1.58. The molecule has 0 bridgehead atoms. The summed E-state index contributed by atoms with van der Waals surface area (Å²) in [4.78, 5) is 0. The van der Waals surface area contributed by atoms with Crippen molar-refractivity contribution in [3.8, 4) is 6.07 Å². The van der Waals surface area contributed by atoms with Gasteiger partial charge in [-0.15, -0.1) is 0 Å². The van der Waals surface area contributed by atoms with E-state index in [2.05, 4.69) is 0 Å². The number of hydrogen-bond acceptors (Lipinski definition) is 1. The third-order valence-corrected chi connectivity index (χ3v) is 1.26. The summed E-state index contributed by atoms with van der Waals surface area (Å²) in [6.07, 6.45) is 0.261. The average molecular weight is 99.1 g/mol. The van der Waals surface area contributed by atoms with Gasteiger partial charge in [-0.3, -0.25) is 0 Å². The number of nitriles is 1. The number of alkyl halides is 1. The summed E-state index contributed by atoms with van der Waals surface area (Å²) in [5, 5.41) is 8.09. The Morgan fingerprint density at radius 2 is 2.14 bits per heavy atom. The van der Waals surface area contributed by atoms with E-state index in [1.165, 1.54) is 0 Å². The van der Waals surface area contributed by atoms with Crippen LogP contribution in [0.25, 0.3) is 0 Å². The van der Waals surface area contributed by atoms with Crippen LogP contribution in [0.4, 0.5) is 4.39 Å². The maximum absolute atomic E-state index is 11.8. The molecule has 1 nitrogen and oxygen atoms in total. The minimum atomic E-state index is -0.676. The molecular formula is C5H6FN. The van der Waals surface area contributed by atoms with Crippen molar-refractivity contribution >= 4 is 0 Å². The van der Waals surface area contributed by atoms with E-state index in [4.69, 9.17) is 5.26 Å². The lowest BCUT2D eigenvalue weighted by atomic mass is 9.85. The molecule has 7 heavy (non-hydrogen) atoms. The van der Waals surface area contributed by atoms with Crippen LogP contribution in [0.15, 0.2) is 0 Å². The number of nitrogens with zero attached hydrogens (tertiary/aromatic N) is 1. The van der Waals surface area contributed by atoms with Gasteiger partial charge in [0.05, 0.1) is 12.0 Å². The van der Waals surface area contributed by atoms with E-state index in [-0.39, 0.29) is 5.92 Å². The van der Waals surface area contributed by atoms with Crippen molar-refractivity contribution in [2.75, 3.05) is 0 Å². The minimum Gasteiger partial charge on any atom is -0.247 e. The van der Waals surface area contributed by atoms with Crippen LogP contribution in [-0.2, 0) is 0 Å². The molecule has 0 aromatic carbocycles. The highest BCUT2D eigenvalue weighted by molar-refractivity contribution is 4.93. The Morgan fingerprint density at radius 1 is 1.57 bits per heavy atom. The Balaban J connectivity index is 2.21. The van der Waals surface area contributed by atoms with Gasteiger partial charge in [-0.05, 0) is 12.8 Å². The first-order valence-corrected chi connectivity index (χ1v) is 2.36. The molecule has 0 spiro atoms. The van der Waals surface area contributed by atoms with Gasteiger partial charge in [0.1, 0.15) is 6.17 Å². The van der Waals surface area contributed by atoms with E-state index in [1.807, 2.05) is 6.07 Å². The lowest BCUT2D eigenvalue weighted by Gasteiger charge is -2.22. The van der Waals surface area contributed by atoms with Crippen LogP contribution < -0.4 is 0 Å². The molecule has 0 radical (unpaired) electrons. The van der Waals surface area contributed by atoms with Gasteiger partial charge in [0.25, 0.3) is 0 Å². The van der Waals surface area contributed by atoms with Crippen molar-refractivity contribution in [2.45, 2.75) is 19.0 Å². The summed E-state index contributed by atoms with van der Waals surface area (Å²) in [6, 6.07) is 1.99. The third kappa shape index (κ3) is 0.714. The number of halogens is 1. The second kappa shape index (κ2) is 1.49. The zero-order chi connectivity index (χ0) is 5.28. The highest BCUT2D eigenvalue weighted by atomic mass is 19.1. The number of rotatable bonds is 0. The molecule has 1 rings (SSSR count). The first kappa shape index (κ1) is 4.58. The Morgan fingerprint density at radius 3 is 2.29 bits per heavy atom. The minimum absolute atomic E-state index is 0.0231. The molecule has 0 aliphatic heterocycles. The molecule has 0 N–H and O–H groups in total. The topological polar surface area (TPSA) is 23.8 Å². The summed E-state index contributed by atoms with van der Waals surface area (Å²) < 4.78 is 11.8. The largest absolute Gasteiger partial charge is 0.247 e. The molecule has 1 fully saturated rings. The van der Waals surface area contributed by atoms with Crippen LogP contribution in [0, 0.1) is 17.2 Å². The molecular weight excluding hydrogens is 93.1 g/mol. The molecule has 1 aliphatic carbocycles. The Hall–Kier alpha value is -0.580. The highest BCUT2D eigenvalue weighted by Gasteiger charge is 2.28. The highest BCUT2D eigenvalue weighted by Crippen LogP contribution is 2.28. The smallest absolute Gasteiger partial charge is 0.103 e. The molecule has 0 unspecified atom stereocenters. The number of hydrogen-bond donors (Lipinski definition) is 0. The standard InChI is InChI=1S/C5H6FN/c6-5-1-4(2-5)3-7/h4-5H,1-2H2. The summed E-state index contributed by atoms with van der Waals surface area (Å²) in [5.41, 5.74) is 0. The van der Waals surface area contributed by atoms with E-state index >= 15 is 0 Å². The van der Waals surface area contributed by atoms with Gasteiger partial charge in [0.15, 0.2) is 0 Å². The molecule has 1 aliphatic rings. The lowest BCUT2D eigenvalue weighted by Crippen LogP contribution is -2.22. The Bertz CT molecular complexity index is 99.1. The third-order valence-electron chi connectivity index (χ3n) is 1.26. The SMILES string of the molecule is N#CC1CC(F)C1. The quantitative estimate of drug-likeness (QED) is 0.448. The van der Waals surface area contributed by atoms with Gasteiger partial charge >= 0.3 is 0 Å². The van der Waals surface area contributed by atoms with Gasteiger partial charge in [-0.2, -0.15) is 5.26 Å². The Kier molecular flexibility index (Phi) is 0.976. The van der Waals surface area contributed by atoms with Crippen LogP contribution in [0.2, 0.25) is 0 Å². The van der Waals surface area contributed by atoms with E-state index in [1.54, 1.807) is 0 Å². The van der Waals surface area contributed by atoms with Gasteiger partial charge < -0.3 is 0 Å². The fraction of sp³-hybridized carbons (Fsp3) is 0.800. The van der Waals surface area contributed by atoms with E-state index < -0.39 is 6.17 Å². The van der Waals surface area contributed by atoms with Crippen molar-refractivity contribution in [1.82, 2.24) is 0 Å². The predicted molar refractivity (Wildman–Crippen MR) is 23.2 cm³/mol. The van der Waals surface area contributed by atoms with Gasteiger partial charge in [-0.1, -0.05) is 0 Å². The monoisotopic (exact) mass is 99.0 g/mol. The van der Waals surface area contributed by atoms with Crippen LogP contribution in [0.5, 0.6) is 0 Å². The molecule has 38 valence electrons. The zero-order valence-corrected chi connectivity index (χ0v) is 3.89. The predicted octanol–water partition coefficient (Wildman–Crippen LogP) is 1.26. The van der Waals surface area contributed by atoms with Crippen LogP contribution in [-0.4, -0.2) is 6.17 Å². The van der Waals surface area contributed by atoms with Crippen LogP contribution in [0.1, 0.15) is 12.8 Å². The Labute approximate surface area is 41.8 Å². The van der Waals surface area contributed by atoms with Crippen molar-refractivity contribution < 1.29 is 4.39 Å². The molecule has 0 aromatic heterocycles. The summed E-state index contributed by atoms with van der Waals surface area (Å²) in [6.45, 7) is 0. The van der Waals surface area contributed by atoms with Crippen LogP contribution >= 0.6 is 0 Å². The molecule has 1 saturated carbocycles. The second-order valence-corrected chi connectivity index (χ2v) is 1.89. The molecule has 0 saturated heterocycles. The second-order valence-electron chi connectivity index (χ2n) is 1.89. The fourth-order valence-corrected chi connectivity index (χ4v) is 0.654. The van der Waals surface area contributed by atoms with Gasteiger partial charge in [-0.25, -0.2) is 4.39 Å². The first-order valence-electron chi connectivity index (χ1n) is 2.36. The molecule has 0 atom stereocenters. The molecule has 0 amide bonds. The molecule has 0 heterocycles. The van der Waals surface area contributed by atoms with E-state index in [0.29, 0.717) is 12.8 Å². The first-order chi connectivity index (χ1) is 3.33. The lowest BCUT2D eigenvalue weighted by molar-refractivity contribution is 0.167. The van der Waals surface area contributed by atoms with E-state index in [0.717, 1.165) is 0 Å². The van der Waals surface area contributed by atoms with Gasteiger partial charge in [0.2, 0.25) is 0 Å². The molecule has 2 heteroatoms. The normalized spacial score (nSPS) is 38.9. The van der Waals surface area contributed by atoms with Crippen molar-refractivity contribution in [3.63, 3.8) is 0 Å². The summed E-state index contributed by atoms with van der Waals surface area (Å²) in [7, 11) is 0. The van der Waals surface area contributed by atoms with E-state index in [9.17, 15) is 4.39 Å². The zero-order valence-electron chi connectivity index (χ0n) is 3.89. The van der Waals surface area contributed by atoms with Crippen molar-refractivity contribution in [2.24, 2.45) is 5.92 Å². The fourth-order valence-electron chi connectivity index (χ4n) is 0.654. The summed E-state index contributed by atoms with van der Waals surface area (Å²) in [5.74, 6) is 0.0231. The molecule has 0 aromatic rings.